The molecule has 1 N–H and O–H groups in total. The van der Waals surface area contributed by atoms with Crippen LogP contribution in [-0.2, 0) is 6.54 Å². The molecule has 2 aromatic carbocycles. The van der Waals surface area contributed by atoms with Crippen LogP contribution in [0.2, 0.25) is 0 Å². The SMILES string of the molecule is CCNCc1cc(OC)ccc1-c1ccc(F)cc1. The molecule has 3 heteroatoms. The van der Waals surface area contributed by atoms with E-state index in [0.717, 1.165) is 35.5 Å². The summed E-state index contributed by atoms with van der Waals surface area (Å²) in [7, 11) is 1.66. The van der Waals surface area contributed by atoms with Gasteiger partial charge < -0.3 is 10.1 Å². The van der Waals surface area contributed by atoms with E-state index in [0.29, 0.717) is 0 Å². The standard InChI is InChI=1S/C16H18FNO/c1-3-18-11-13-10-15(19-2)8-9-16(13)12-4-6-14(17)7-5-12/h4-10,18H,3,11H2,1-2H3. The van der Waals surface area contributed by atoms with Crippen LogP contribution < -0.4 is 10.1 Å². The van der Waals surface area contributed by atoms with Crippen LogP contribution in [0.4, 0.5) is 4.39 Å². The molecule has 0 heterocycles. The molecule has 0 saturated heterocycles. The van der Waals surface area contributed by atoms with Gasteiger partial charge in [0.2, 0.25) is 0 Å². The van der Waals surface area contributed by atoms with E-state index in [9.17, 15) is 4.39 Å². The van der Waals surface area contributed by atoms with Crippen molar-refractivity contribution in [2.75, 3.05) is 13.7 Å². The smallest absolute Gasteiger partial charge is 0.123 e. The average molecular weight is 259 g/mol. The van der Waals surface area contributed by atoms with E-state index >= 15 is 0 Å². The van der Waals surface area contributed by atoms with Crippen LogP contribution in [0.1, 0.15) is 12.5 Å². The molecule has 0 fully saturated rings. The van der Waals surface area contributed by atoms with Gasteiger partial charge in [0.25, 0.3) is 0 Å². The third-order valence-electron chi connectivity index (χ3n) is 3.03. The molecule has 0 aliphatic rings. The van der Waals surface area contributed by atoms with E-state index in [1.807, 2.05) is 18.2 Å². The Kier molecular flexibility index (Phi) is 4.53. The first kappa shape index (κ1) is 13.6. The Labute approximate surface area is 113 Å². The van der Waals surface area contributed by atoms with E-state index in [2.05, 4.69) is 12.2 Å². The highest BCUT2D eigenvalue weighted by Gasteiger charge is 2.06. The summed E-state index contributed by atoms with van der Waals surface area (Å²) in [6, 6.07) is 12.5. The molecule has 2 nitrogen and oxygen atoms in total. The summed E-state index contributed by atoms with van der Waals surface area (Å²) in [4.78, 5) is 0. The fourth-order valence-electron chi connectivity index (χ4n) is 2.01. The number of methoxy groups -OCH3 is 1. The third kappa shape index (κ3) is 3.32. The van der Waals surface area contributed by atoms with Gasteiger partial charge in [-0.3, -0.25) is 0 Å². The highest BCUT2D eigenvalue weighted by molar-refractivity contribution is 5.68. The minimum atomic E-state index is -0.217. The molecule has 0 unspecified atom stereocenters. The van der Waals surface area contributed by atoms with Gasteiger partial charge in [-0.05, 0) is 47.5 Å². The Morgan fingerprint density at radius 3 is 2.47 bits per heavy atom. The number of nitrogens with one attached hydrogen (secondary N) is 1. The molecular weight excluding hydrogens is 241 g/mol. The van der Waals surface area contributed by atoms with Crippen molar-refractivity contribution in [2.24, 2.45) is 0 Å². The molecule has 0 aliphatic heterocycles. The summed E-state index contributed by atoms with van der Waals surface area (Å²) in [5, 5.41) is 3.31. The summed E-state index contributed by atoms with van der Waals surface area (Å²) in [5.41, 5.74) is 3.26. The molecule has 2 aromatic rings. The first-order valence-electron chi connectivity index (χ1n) is 6.38. The van der Waals surface area contributed by atoms with Gasteiger partial charge in [-0.1, -0.05) is 25.1 Å². The average Bonchev–Trinajstić information content (AvgIpc) is 2.46. The Hall–Kier alpha value is -1.87. The van der Waals surface area contributed by atoms with Gasteiger partial charge >= 0.3 is 0 Å². The maximum absolute atomic E-state index is 13.0. The minimum absolute atomic E-state index is 0.217. The van der Waals surface area contributed by atoms with Crippen LogP contribution in [0.3, 0.4) is 0 Å². The second-order valence-electron chi connectivity index (χ2n) is 4.31. The lowest BCUT2D eigenvalue weighted by Crippen LogP contribution is -2.12. The third-order valence-corrected chi connectivity index (χ3v) is 3.03. The van der Waals surface area contributed by atoms with Crippen molar-refractivity contribution in [2.45, 2.75) is 13.5 Å². The number of ether oxygens (including phenoxy) is 1. The summed E-state index contributed by atoms with van der Waals surface area (Å²) in [5.74, 6) is 0.615. The van der Waals surface area contributed by atoms with E-state index in [4.69, 9.17) is 4.74 Å². The van der Waals surface area contributed by atoms with Crippen LogP contribution in [0, 0.1) is 5.82 Å². The van der Waals surface area contributed by atoms with Gasteiger partial charge in [-0.15, -0.1) is 0 Å². The van der Waals surface area contributed by atoms with Gasteiger partial charge in [0.1, 0.15) is 11.6 Å². The predicted molar refractivity (Wildman–Crippen MR) is 75.8 cm³/mol. The number of benzene rings is 2. The van der Waals surface area contributed by atoms with Crippen molar-refractivity contribution in [1.29, 1.82) is 0 Å². The van der Waals surface area contributed by atoms with Crippen molar-refractivity contribution >= 4 is 0 Å². The largest absolute Gasteiger partial charge is 0.497 e. The van der Waals surface area contributed by atoms with Crippen LogP contribution in [-0.4, -0.2) is 13.7 Å². The summed E-state index contributed by atoms with van der Waals surface area (Å²) >= 11 is 0. The quantitative estimate of drug-likeness (QED) is 0.885. The molecule has 19 heavy (non-hydrogen) atoms. The van der Waals surface area contributed by atoms with Crippen molar-refractivity contribution in [3.8, 4) is 16.9 Å². The molecule has 0 aliphatic carbocycles. The van der Waals surface area contributed by atoms with Gasteiger partial charge in [-0.2, -0.15) is 0 Å². The molecule has 0 saturated carbocycles. The highest BCUT2D eigenvalue weighted by Crippen LogP contribution is 2.27. The summed E-state index contributed by atoms with van der Waals surface area (Å²) < 4.78 is 18.2. The zero-order valence-electron chi connectivity index (χ0n) is 11.2. The maximum Gasteiger partial charge on any atom is 0.123 e. The lowest BCUT2D eigenvalue weighted by Gasteiger charge is -2.12. The lowest BCUT2D eigenvalue weighted by molar-refractivity contribution is 0.414. The van der Waals surface area contributed by atoms with Gasteiger partial charge in [0.15, 0.2) is 0 Å². The van der Waals surface area contributed by atoms with Crippen molar-refractivity contribution in [1.82, 2.24) is 5.32 Å². The number of rotatable bonds is 5. The monoisotopic (exact) mass is 259 g/mol. The summed E-state index contributed by atoms with van der Waals surface area (Å²) in [6.45, 7) is 3.73. The van der Waals surface area contributed by atoms with Crippen LogP contribution in [0.5, 0.6) is 5.75 Å². The Bertz CT molecular complexity index is 537. The lowest BCUT2D eigenvalue weighted by atomic mass is 9.99. The molecule has 2 rings (SSSR count). The molecule has 0 spiro atoms. The first-order valence-corrected chi connectivity index (χ1v) is 6.38. The molecule has 0 aromatic heterocycles. The van der Waals surface area contributed by atoms with Crippen molar-refractivity contribution < 1.29 is 9.13 Å². The fraction of sp³-hybridized carbons (Fsp3) is 0.250. The Morgan fingerprint density at radius 1 is 1.11 bits per heavy atom. The van der Waals surface area contributed by atoms with E-state index in [-0.39, 0.29) is 5.82 Å². The van der Waals surface area contributed by atoms with Crippen LogP contribution in [0.25, 0.3) is 11.1 Å². The number of hydrogen-bond acceptors (Lipinski definition) is 2. The van der Waals surface area contributed by atoms with Crippen LogP contribution in [0.15, 0.2) is 42.5 Å². The molecule has 100 valence electrons. The second-order valence-corrected chi connectivity index (χ2v) is 4.31. The summed E-state index contributed by atoms with van der Waals surface area (Å²) in [6.07, 6.45) is 0. The second kappa shape index (κ2) is 6.34. The van der Waals surface area contributed by atoms with Gasteiger partial charge in [0.05, 0.1) is 7.11 Å². The van der Waals surface area contributed by atoms with E-state index < -0.39 is 0 Å². The fourth-order valence-corrected chi connectivity index (χ4v) is 2.01. The molecule has 0 atom stereocenters. The molecule has 0 amide bonds. The van der Waals surface area contributed by atoms with Crippen molar-refractivity contribution in [3.05, 3.63) is 53.8 Å². The molecular formula is C16H18FNO. The van der Waals surface area contributed by atoms with E-state index in [1.165, 1.54) is 12.1 Å². The zero-order valence-corrected chi connectivity index (χ0v) is 11.2. The first-order chi connectivity index (χ1) is 9.24. The maximum atomic E-state index is 13.0. The van der Waals surface area contributed by atoms with Gasteiger partial charge in [0, 0.05) is 6.54 Å². The topological polar surface area (TPSA) is 21.3 Å². The zero-order chi connectivity index (χ0) is 13.7. The normalized spacial score (nSPS) is 10.5. The van der Waals surface area contributed by atoms with Crippen molar-refractivity contribution in [3.63, 3.8) is 0 Å². The minimum Gasteiger partial charge on any atom is -0.497 e. The number of halogens is 1. The number of hydrogen-bond donors (Lipinski definition) is 1. The Morgan fingerprint density at radius 2 is 1.84 bits per heavy atom. The molecule has 0 radical (unpaired) electrons. The Balaban J connectivity index is 2.39. The van der Waals surface area contributed by atoms with Gasteiger partial charge in [-0.25, -0.2) is 4.39 Å². The van der Waals surface area contributed by atoms with E-state index in [1.54, 1.807) is 19.2 Å². The highest BCUT2D eigenvalue weighted by atomic mass is 19.1. The predicted octanol–water partition coefficient (Wildman–Crippen LogP) is 3.61. The van der Waals surface area contributed by atoms with Crippen LogP contribution >= 0.6 is 0 Å². The molecule has 0 bridgehead atoms.